The van der Waals surface area contributed by atoms with Gasteiger partial charge in [0.25, 0.3) is 10.0 Å². The van der Waals surface area contributed by atoms with E-state index in [2.05, 4.69) is 5.32 Å². The number of rotatable bonds is 14. The van der Waals surface area contributed by atoms with Crippen molar-refractivity contribution < 1.29 is 22.7 Å². The fourth-order valence-electron chi connectivity index (χ4n) is 5.95. The lowest BCUT2D eigenvalue weighted by Gasteiger charge is -2.34. The molecule has 1 aliphatic rings. The van der Waals surface area contributed by atoms with Crippen LogP contribution in [0.3, 0.4) is 0 Å². The molecule has 4 aromatic carbocycles. The van der Waals surface area contributed by atoms with Gasteiger partial charge in [-0.05, 0) is 86.3 Å². The van der Waals surface area contributed by atoms with E-state index in [1.807, 2.05) is 56.3 Å². The number of benzene rings is 4. The minimum Gasteiger partial charge on any atom is -0.494 e. The maximum atomic E-state index is 14.7. The molecule has 1 aliphatic carbocycles. The molecular weight excluding hydrogens is 646 g/mol. The maximum Gasteiger partial charge on any atom is 0.264 e. The van der Waals surface area contributed by atoms with Gasteiger partial charge in [-0.2, -0.15) is 0 Å². The number of hydrogen-bond donors (Lipinski definition) is 1. The lowest BCUT2D eigenvalue weighted by Crippen LogP contribution is -2.54. The normalized spacial score (nSPS) is 13.9. The third kappa shape index (κ3) is 8.96. The van der Waals surface area contributed by atoms with Crippen molar-refractivity contribution in [2.45, 2.75) is 69.5 Å². The number of aryl methyl sites for hydroxylation is 1. The number of sulfonamides is 1. The van der Waals surface area contributed by atoms with Gasteiger partial charge in [0.2, 0.25) is 11.8 Å². The summed E-state index contributed by atoms with van der Waals surface area (Å²) in [5.41, 5.74) is 2.85. The van der Waals surface area contributed by atoms with Crippen molar-refractivity contribution >= 4 is 39.1 Å². The molecular formula is C38H42ClN3O5S. The third-order valence-corrected chi connectivity index (χ3v) is 10.6. The Bertz CT molecular complexity index is 1760. The molecule has 0 heterocycles. The molecule has 1 atom stereocenters. The van der Waals surface area contributed by atoms with Gasteiger partial charge >= 0.3 is 0 Å². The summed E-state index contributed by atoms with van der Waals surface area (Å²) in [7, 11) is -4.20. The molecule has 0 saturated heterocycles. The molecule has 0 bridgehead atoms. The molecule has 0 radical (unpaired) electrons. The zero-order valence-corrected chi connectivity index (χ0v) is 28.9. The number of hydrogen-bond acceptors (Lipinski definition) is 5. The summed E-state index contributed by atoms with van der Waals surface area (Å²) in [6.45, 7) is 3.74. The topological polar surface area (TPSA) is 96.0 Å². The van der Waals surface area contributed by atoms with E-state index in [1.54, 1.807) is 48.5 Å². The second kappa shape index (κ2) is 16.2. The monoisotopic (exact) mass is 687 g/mol. The van der Waals surface area contributed by atoms with Crippen LogP contribution in [0, 0.1) is 6.92 Å². The van der Waals surface area contributed by atoms with Crippen molar-refractivity contribution in [2.75, 3.05) is 17.5 Å². The molecule has 0 aromatic heterocycles. The van der Waals surface area contributed by atoms with E-state index in [0.717, 1.165) is 46.7 Å². The van der Waals surface area contributed by atoms with Gasteiger partial charge < -0.3 is 15.0 Å². The zero-order valence-electron chi connectivity index (χ0n) is 27.3. The highest BCUT2D eigenvalue weighted by atomic mass is 35.5. The summed E-state index contributed by atoms with van der Waals surface area (Å²) in [5, 5.41) is 3.74. The predicted octanol–water partition coefficient (Wildman–Crippen LogP) is 6.94. The maximum absolute atomic E-state index is 14.7. The van der Waals surface area contributed by atoms with E-state index in [9.17, 15) is 18.0 Å². The quantitative estimate of drug-likeness (QED) is 0.155. The first kappa shape index (κ1) is 35.0. The molecule has 0 spiro atoms. The number of nitrogens with zero attached hydrogens (tertiary/aromatic N) is 2. The first-order valence-electron chi connectivity index (χ1n) is 16.3. The number of carbonyl (C=O) groups excluding carboxylic acids is 2. The van der Waals surface area contributed by atoms with E-state index >= 15 is 0 Å². The average Bonchev–Trinajstić information content (AvgIpc) is 3.60. The number of carbonyl (C=O) groups is 2. The predicted molar refractivity (Wildman–Crippen MR) is 190 cm³/mol. The SMILES string of the molecule is CCOc1ccc(N(CC(=O)N(Cc2ccc(Cl)cc2)[C@@H](Cc2ccccc2)C(=O)NC2CCCC2)S(=O)(=O)c2ccc(C)cc2)cc1. The summed E-state index contributed by atoms with van der Waals surface area (Å²) >= 11 is 6.18. The molecule has 1 N–H and O–H groups in total. The van der Waals surface area contributed by atoms with Gasteiger partial charge in [-0.3, -0.25) is 13.9 Å². The molecule has 1 saturated carbocycles. The van der Waals surface area contributed by atoms with Crippen LogP contribution in [-0.4, -0.2) is 50.4 Å². The molecule has 48 heavy (non-hydrogen) atoms. The van der Waals surface area contributed by atoms with Crippen LogP contribution in [0.2, 0.25) is 5.02 Å². The number of ether oxygens (including phenoxy) is 1. The number of anilines is 1. The Kier molecular flexibility index (Phi) is 11.8. The van der Waals surface area contributed by atoms with Crippen LogP contribution in [0.5, 0.6) is 5.75 Å². The molecule has 0 unspecified atom stereocenters. The van der Waals surface area contributed by atoms with Crippen molar-refractivity contribution in [2.24, 2.45) is 0 Å². The van der Waals surface area contributed by atoms with Crippen molar-refractivity contribution in [3.63, 3.8) is 0 Å². The molecule has 0 aliphatic heterocycles. The standard InChI is InChI=1S/C38H42ClN3O5S/c1-3-47-34-21-19-33(20-22-34)42(48(45,46)35-23-13-28(2)14-24-35)27-37(43)41(26-30-15-17-31(39)18-16-30)36(25-29-9-5-4-6-10-29)38(44)40-32-11-7-8-12-32/h4-6,9-10,13-24,32,36H,3,7-8,11-12,25-27H2,1-2H3,(H,40,44)/t36-/m0/s1. The number of amides is 2. The highest BCUT2D eigenvalue weighted by molar-refractivity contribution is 7.92. The van der Waals surface area contributed by atoms with E-state index in [0.29, 0.717) is 23.1 Å². The second-order valence-corrected chi connectivity index (χ2v) is 14.4. The second-order valence-electron chi connectivity index (χ2n) is 12.1. The van der Waals surface area contributed by atoms with Crippen LogP contribution >= 0.6 is 11.6 Å². The van der Waals surface area contributed by atoms with E-state index in [-0.39, 0.29) is 29.8 Å². The highest BCUT2D eigenvalue weighted by Gasteiger charge is 2.35. The van der Waals surface area contributed by atoms with Gasteiger partial charge in [-0.1, -0.05) is 84.6 Å². The molecule has 1 fully saturated rings. The van der Waals surface area contributed by atoms with Gasteiger partial charge in [0, 0.05) is 24.0 Å². The molecule has 10 heteroatoms. The Morgan fingerprint density at radius 1 is 0.875 bits per heavy atom. The Morgan fingerprint density at radius 3 is 2.15 bits per heavy atom. The first-order chi connectivity index (χ1) is 23.1. The van der Waals surface area contributed by atoms with Gasteiger partial charge in [0.1, 0.15) is 18.3 Å². The summed E-state index contributed by atoms with van der Waals surface area (Å²) in [6, 6.07) is 28.9. The Hall–Kier alpha value is -4.34. The fourth-order valence-corrected chi connectivity index (χ4v) is 7.49. The van der Waals surface area contributed by atoms with Crippen LogP contribution in [-0.2, 0) is 32.6 Å². The molecule has 8 nitrogen and oxygen atoms in total. The van der Waals surface area contributed by atoms with E-state index in [1.165, 1.54) is 17.0 Å². The first-order valence-corrected chi connectivity index (χ1v) is 18.2. The molecule has 5 rings (SSSR count). The Balaban J connectivity index is 1.56. The van der Waals surface area contributed by atoms with Gasteiger partial charge in [0.05, 0.1) is 17.2 Å². The van der Waals surface area contributed by atoms with Crippen LogP contribution in [0.25, 0.3) is 0 Å². The zero-order chi connectivity index (χ0) is 34.1. The van der Waals surface area contributed by atoms with E-state index < -0.39 is 28.5 Å². The minimum atomic E-state index is -4.20. The Morgan fingerprint density at radius 2 is 1.52 bits per heavy atom. The summed E-state index contributed by atoms with van der Waals surface area (Å²) in [5.74, 6) is -0.199. The van der Waals surface area contributed by atoms with Crippen LogP contribution in [0.4, 0.5) is 5.69 Å². The summed E-state index contributed by atoms with van der Waals surface area (Å²) in [6.07, 6.45) is 4.10. The molecule has 2 amide bonds. The van der Waals surface area contributed by atoms with Gasteiger partial charge in [0.15, 0.2) is 0 Å². The average molecular weight is 688 g/mol. The summed E-state index contributed by atoms with van der Waals surface area (Å²) in [4.78, 5) is 30.4. The lowest BCUT2D eigenvalue weighted by atomic mass is 10.0. The summed E-state index contributed by atoms with van der Waals surface area (Å²) < 4.78 is 35.2. The highest BCUT2D eigenvalue weighted by Crippen LogP contribution is 2.28. The van der Waals surface area contributed by atoms with Crippen LogP contribution < -0.4 is 14.4 Å². The van der Waals surface area contributed by atoms with E-state index in [4.69, 9.17) is 16.3 Å². The largest absolute Gasteiger partial charge is 0.494 e. The van der Waals surface area contributed by atoms with Crippen molar-refractivity contribution in [1.29, 1.82) is 0 Å². The van der Waals surface area contributed by atoms with Crippen LogP contribution in [0.1, 0.15) is 49.3 Å². The van der Waals surface area contributed by atoms with Crippen LogP contribution in [0.15, 0.2) is 108 Å². The number of nitrogens with one attached hydrogen (secondary N) is 1. The van der Waals surface area contributed by atoms with Crippen molar-refractivity contribution in [3.05, 3.63) is 125 Å². The minimum absolute atomic E-state index is 0.0329. The smallest absolute Gasteiger partial charge is 0.264 e. The third-order valence-electron chi connectivity index (χ3n) is 8.56. The molecule has 252 valence electrons. The van der Waals surface area contributed by atoms with Gasteiger partial charge in [-0.15, -0.1) is 0 Å². The Labute approximate surface area is 288 Å². The fraction of sp³-hybridized carbons (Fsp3) is 0.316. The van der Waals surface area contributed by atoms with Crippen molar-refractivity contribution in [1.82, 2.24) is 10.2 Å². The molecule has 4 aromatic rings. The lowest BCUT2D eigenvalue weighted by molar-refractivity contribution is -0.140. The van der Waals surface area contributed by atoms with Crippen molar-refractivity contribution in [3.8, 4) is 5.75 Å². The number of halogens is 1. The van der Waals surface area contributed by atoms with Gasteiger partial charge in [-0.25, -0.2) is 8.42 Å².